The van der Waals surface area contributed by atoms with Gasteiger partial charge in [0.15, 0.2) is 0 Å². The molecule has 0 aliphatic rings. The van der Waals surface area contributed by atoms with Crippen LogP contribution in [0, 0.1) is 5.82 Å². The highest BCUT2D eigenvalue weighted by Gasteiger charge is 2.06. The first-order valence-corrected chi connectivity index (χ1v) is 6.79. The fraction of sp³-hybridized carbons (Fsp3) is 0.143. The van der Waals surface area contributed by atoms with E-state index >= 15 is 0 Å². The van der Waals surface area contributed by atoms with Crippen molar-refractivity contribution in [3.05, 3.63) is 57.3 Å². The van der Waals surface area contributed by atoms with Crippen LogP contribution in [0.1, 0.15) is 5.56 Å². The molecule has 0 fully saturated rings. The molecular formula is C14H12BrClFNO. The first-order valence-electron chi connectivity index (χ1n) is 5.62. The predicted molar refractivity (Wildman–Crippen MR) is 79.4 cm³/mol. The molecule has 0 bridgehead atoms. The van der Waals surface area contributed by atoms with Gasteiger partial charge in [-0.25, -0.2) is 4.39 Å². The number of hydrogen-bond acceptors (Lipinski definition) is 2. The summed E-state index contributed by atoms with van der Waals surface area (Å²) < 4.78 is 19.0. The average Bonchev–Trinajstić information content (AvgIpc) is 2.42. The van der Waals surface area contributed by atoms with Crippen molar-refractivity contribution in [2.45, 2.75) is 6.54 Å². The number of hydrogen-bond donors (Lipinski definition) is 1. The second-order valence-electron chi connectivity index (χ2n) is 3.91. The number of ether oxygens (including phenoxy) is 1. The molecular weight excluding hydrogens is 333 g/mol. The Labute approximate surface area is 124 Å². The molecule has 100 valence electrons. The number of rotatable bonds is 4. The molecule has 0 unspecified atom stereocenters. The second-order valence-corrected chi connectivity index (χ2v) is 5.11. The van der Waals surface area contributed by atoms with Crippen molar-refractivity contribution >= 4 is 33.2 Å². The van der Waals surface area contributed by atoms with Gasteiger partial charge in [-0.2, -0.15) is 0 Å². The number of benzene rings is 2. The summed E-state index contributed by atoms with van der Waals surface area (Å²) in [5, 5.41) is 3.75. The maximum Gasteiger partial charge on any atom is 0.137 e. The minimum atomic E-state index is -0.281. The van der Waals surface area contributed by atoms with Gasteiger partial charge in [-0.1, -0.05) is 23.7 Å². The summed E-state index contributed by atoms with van der Waals surface area (Å²) in [7, 11) is 1.59. The summed E-state index contributed by atoms with van der Waals surface area (Å²) in [6, 6.07) is 10.3. The summed E-state index contributed by atoms with van der Waals surface area (Å²) in [6.45, 7) is 0.464. The Kier molecular flexibility index (Phi) is 4.66. The van der Waals surface area contributed by atoms with E-state index in [0.29, 0.717) is 21.8 Å². The Morgan fingerprint density at radius 1 is 1.32 bits per heavy atom. The van der Waals surface area contributed by atoms with Gasteiger partial charge in [0.05, 0.1) is 22.3 Å². The number of anilines is 1. The van der Waals surface area contributed by atoms with Crippen molar-refractivity contribution in [1.82, 2.24) is 0 Å². The fourth-order valence-corrected chi connectivity index (χ4v) is 2.23. The van der Waals surface area contributed by atoms with E-state index in [0.717, 1.165) is 11.3 Å². The molecule has 2 rings (SSSR count). The normalized spacial score (nSPS) is 10.3. The highest BCUT2D eigenvalue weighted by molar-refractivity contribution is 9.10. The molecule has 0 heterocycles. The molecule has 2 aromatic carbocycles. The zero-order chi connectivity index (χ0) is 13.8. The number of methoxy groups -OCH3 is 1. The Morgan fingerprint density at radius 3 is 2.84 bits per heavy atom. The first-order chi connectivity index (χ1) is 9.11. The Morgan fingerprint density at radius 2 is 2.11 bits per heavy atom. The quantitative estimate of drug-likeness (QED) is 0.855. The van der Waals surface area contributed by atoms with Crippen molar-refractivity contribution in [3.63, 3.8) is 0 Å². The van der Waals surface area contributed by atoms with Gasteiger partial charge in [0.25, 0.3) is 0 Å². The summed E-state index contributed by atoms with van der Waals surface area (Å²) in [5.74, 6) is 0.432. The van der Waals surface area contributed by atoms with E-state index < -0.39 is 0 Å². The third-order valence-electron chi connectivity index (χ3n) is 2.67. The highest BCUT2D eigenvalue weighted by atomic mass is 79.9. The molecule has 0 saturated carbocycles. The van der Waals surface area contributed by atoms with Crippen molar-refractivity contribution < 1.29 is 9.13 Å². The molecule has 0 aromatic heterocycles. The number of nitrogens with one attached hydrogen (secondary N) is 1. The SMILES string of the molecule is COc1ccc(Cl)c(NCc2cccc(F)c2Br)c1. The van der Waals surface area contributed by atoms with Gasteiger partial charge in [-0.15, -0.1) is 0 Å². The number of halogens is 3. The predicted octanol–water partition coefficient (Wildman–Crippen LogP) is 4.86. The van der Waals surface area contributed by atoms with Gasteiger partial charge in [-0.05, 0) is 39.7 Å². The topological polar surface area (TPSA) is 21.3 Å². The zero-order valence-corrected chi connectivity index (χ0v) is 12.6. The zero-order valence-electron chi connectivity index (χ0n) is 10.2. The van der Waals surface area contributed by atoms with Crippen LogP contribution in [0.5, 0.6) is 5.75 Å². The average molecular weight is 345 g/mol. The van der Waals surface area contributed by atoms with E-state index in [9.17, 15) is 4.39 Å². The van der Waals surface area contributed by atoms with E-state index in [1.54, 1.807) is 31.4 Å². The van der Waals surface area contributed by atoms with Crippen molar-refractivity contribution in [2.24, 2.45) is 0 Å². The monoisotopic (exact) mass is 343 g/mol. The molecule has 2 aromatic rings. The fourth-order valence-electron chi connectivity index (χ4n) is 1.64. The second kappa shape index (κ2) is 6.26. The lowest BCUT2D eigenvalue weighted by molar-refractivity contribution is 0.415. The van der Waals surface area contributed by atoms with E-state index in [-0.39, 0.29) is 5.82 Å². The lowest BCUT2D eigenvalue weighted by atomic mass is 10.2. The molecule has 0 aliphatic carbocycles. The third-order valence-corrected chi connectivity index (χ3v) is 3.89. The van der Waals surface area contributed by atoms with E-state index in [2.05, 4.69) is 21.2 Å². The summed E-state index contributed by atoms with van der Waals surface area (Å²) in [5.41, 5.74) is 1.57. The van der Waals surface area contributed by atoms with Gasteiger partial charge in [0.2, 0.25) is 0 Å². The third kappa shape index (κ3) is 3.39. The minimum Gasteiger partial charge on any atom is -0.497 e. The van der Waals surface area contributed by atoms with Gasteiger partial charge in [-0.3, -0.25) is 0 Å². The summed E-state index contributed by atoms with van der Waals surface area (Å²) >= 11 is 9.31. The molecule has 5 heteroatoms. The van der Waals surface area contributed by atoms with Crippen LogP contribution in [-0.4, -0.2) is 7.11 Å². The molecule has 0 radical (unpaired) electrons. The molecule has 0 atom stereocenters. The van der Waals surface area contributed by atoms with E-state index in [4.69, 9.17) is 16.3 Å². The van der Waals surface area contributed by atoms with Crippen molar-refractivity contribution in [3.8, 4) is 5.75 Å². The van der Waals surface area contributed by atoms with Gasteiger partial charge >= 0.3 is 0 Å². The van der Waals surface area contributed by atoms with Crippen LogP contribution in [-0.2, 0) is 6.54 Å². The maximum atomic E-state index is 13.4. The Hall–Kier alpha value is -1.26. The minimum absolute atomic E-state index is 0.281. The van der Waals surface area contributed by atoms with E-state index in [1.807, 2.05) is 6.07 Å². The van der Waals surface area contributed by atoms with Crippen molar-refractivity contribution in [2.75, 3.05) is 12.4 Å². The summed E-state index contributed by atoms with van der Waals surface area (Å²) in [6.07, 6.45) is 0. The molecule has 1 N–H and O–H groups in total. The standard InChI is InChI=1S/C14H12BrClFNO/c1-19-10-5-6-11(16)13(7-10)18-8-9-3-2-4-12(17)14(9)15/h2-7,18H,8H2,1H3. The molecule has 0 aliphatic heterocycles. The van der Waals surface area contributed by atoms with Gasteiger partial charge in [0.1, 0.15) is 11.6 Å². The van der Waals surface area contributed by atoms with Gasteiger partial charge < -0.3 is 10.1 Å². The molecule has 0 spiro atoms. The van der Waals surface area contributed by atoms with Gasteiger partial charge in [0, 0.05) is 12.6 Å². The van der Waals surface area contributed by atoms with Crippen LogP contribution >= 0.6 is 27.5 Å². The Balaban J connectivity index is 2.16. The summed E-state index contributed by atoms with van der Waals surface area (Å²) in [4.78, 5) is 0. The smallest absolute Gasteiger partial charge is 0.137 e. The maximum absolute atomic E-state index is 13.4. The highest BCUT2D eigenvalue weighted by Crippen LogP contribution is 2.28. The lowest BCUT2D eigenvalue weighted by Gasteiger charge is -2.11. The van der Waals surface area contributed by atoms with Crippen LogP contribution in [0.25, 0.3) is 0 Å². The molecule has 0 amide bonds. The van der Waals surface area contributed by atoms with Crippen LogP contribution in [0.2, 0.25) is 5.02 Å². The molecule has 0 saturated heterocycles. The van der Waals surface area contributed by atoms with Crippen LogP contribution in [0.3, 0.4) is 0 Å². The van der Waals surface area contributed by atoms with Crippen LogP contribution < -0.4 is 10.1 Å². The molecule has 2 nitrogen and oxygen atoms in total. The first kappa shape index (κ1) is 14.2. The molecule has 19 heavy (non-hydrogen) atoms. The van der Waals surface area contributed by atoms with E-state index in [1.165, 1.54) is 6.07 Å². The largest absolute Gasteiger partial charge is 0.497 e. The van der Waals surface area contributed by atoms with Crippen LogP contribution in [0.4, 0.5) is 10.1 Å². The lowest BCUT2D eigenvalue weighted by Crippen LogP contribution is -2.02. The van der Waals surface area contributed by atoms with Crippen LogP contribution in [0.15, 0.2) is 40.9 Å². The Bertz CT molecular complexity index is 592. The van der Waals surface area contributed by atoms with Crippen molar-refractivity contribution in [1.29, 1.82) is 0 Å².